The molecule has 14 nitrogen and oxygen atoms in total. The van der Waals surface area contributed by atoms with E-state index in [9.17, 15) is 35.5 Å². The number of hydrogen-bond donors (Lipinski definition) is 2. The van der Waals surface area contributed by atoms with Gasteiger partial charge in [0.2, 0.25) is 20.8 Å². The summed E-state index contributed by atoms with van der Waals surface area (Å²) in [6, 6.07) is 11.2. The van der Waals surface area contributed by atoms with Gasteiger partial charge in [0.25, 0.3) is 0 Å². The molecule has 52 heavy (non-hydrogen) atoms. The molecule has 0 unspecified atom stereocenters. The van der Waals surface area contributed by atoms with E-state index in [0.29, 0.717) is 22.3 Å². The minimum Gasteiger partial charge on any atom is -0.726 e. The van der Waals surface area contributed by atoms with Crippen molar-refractivity contribution in [3.8, 4) is 0 Å². The third-order valence-electron chi connectivity index (χ3n) is 9.87. The highest BCUT2D eigenvalue weighted by Crippen LogP contribution is 2.36. The molecule has 0 atom stereocenters. The smallest absolute Gasteiger partial charge is 0.217 e. The summed E-state index contributed by atoms with van der Waals surface area (Å²) in [6.45, 7) is 26.7. The maximum atomic E-state index is 13.7. The highest BCUT2D eigenvalue weighted by molar-refractivity contribution is 7.81. The topological polar surface area (TPSA) is 191 Å². The van der Waals surface area contributed by atoms with Crippen molar-refractivity contribution >= 4 is 43.7 Å². The van der Waals surface area contributed by atoms with E-state index in [4.69, 9.17) is 0 Å². The summed E-state index contributed by atoms with van der Waals surface area (Å²) in [5, 5.41) is 7.05. The Hall–Kier alpha value is -2.96. The number of rotatable bonds is 20. The summed E-state index contributed by atoms with van der Waals surface area (Å²) in [4.78, 5) is 27.4. The van der Waals surface area contributed by atoms with Crippen molar-refractivity contribution in [2.24, 2.45) is 0 Å². The number of nitrogens with one attached hydrogen (secondary N) is 2. The summed E-state index contributed by atoms with van der Waals surface area (Å²) in [5.74, 6) is -0.137. The van der Waals surface area contributed by atoms with Gasteiger partial charge in [-0.15, -0.1) is 0 Å². The Balaban J connectivity index is 0.000000812. The minimum absolute atomic E-state index is 0.0687. The normalized spacial score (nSPS) is 12.9. The largest absolute Gasteiger partial charge is 0.726 e. The number of ketones is 2. The van der Waals surface area contributed by atoms with Crippen LogP contribution in [0.15, 0.2) is 36.4 Å². The molecule has 2 N–H and O–H groups in total. The van der Waals surface area contributed by atoms with Crippen molar-refractivity contribution in [2.75, 3.05) is 89.3 Å². The van der Waals surface area contributed by atoms with Gasteiger partial charge in [0.15, 0.2) is 11.6 Å². The molecule has 0 aliphatic heterocycles. The molecule has 0 amide bonds. The first-order valence-electron chi connectivity index (χ1n) is 18.2. The number of fused-ring (bicyclic) bond motifs is 2. The molecule has 0 fully saturated rings. The van der Waals surface area contributed by atoms with Crippen molar-refractivity contribution < 1.29 is 52.9 Å². The van der Waals surface area contributed by atoms with E-state index >= 15 is 0 Å². The van der Waals surface area contributed by atoms with Gasteiger partial charge in [-0.1, -0.05) is 24.3 Å². The van der Waals surface area contributed by atoms with E-state index in [-0.39, 0.29) is 24.8 Å². The molecule has 0 bridgehead atoms. The van der Waals surface area contributed by atoms with Crippen LogP contribution in [0.2, 0.25) is 0 Å². The molecule has 2 aromatic rings. The van der Waals surface area contributed by atoms with Gasteiger partial charge < -0.3 is 28.7 Å². The summed E-state index contributed by atoms with van der Waals surface area (Å²) in [5.41, 5.74) is 3.56. The van der Waals surface area contributed by atoms with Crippen LogP contribution in [0.1, 0.15) is 100 Å². The molecular weight excluding hydrogens is 713 g/mol. The Labute approximate surface area is 312 Å². The Morgan fingerprint density at radius 1 is 0.558 bits per heavy atom. The number of quaternary nitrogens is 2. The Kier molecular flexibility index (Phi) is 20.2. The summed E-state index contributed by atoms with van der Waals surface area (Å²) >= 11 is 0. The minimum atomic E-state index is -4.42. The van der Waals surface area contributed by atoms with E-state index in [1.54, 1.807) is 12.1 Å². The van der Waals surface area contributed by atoms with Gasteiger partial charge in [0, 0.05) is 48.4 Å². The van der Waals surface area contributed by atoms with Gasteiger partial charge in [-0.2, -0.15) is 0 Å². The zero-order chi connectivity index (χ0) is 39.6. The average Bonchev–Trinajstić information content (AvgIpc) is 3.11. The second-order valence-electron chi connectivity index (χ2n) is 12.3. The zero-order valence-electron chi connectivity index (χ0n) is 32.2. The molecule has 1 aliphatic rings. The average molecular weight is 773 g/mol. The fourth-order valence-corrected chi connectivity index (χ4v) is 6.95. The van der Waals surface area contributed by atoms with E-state index in [0.717, 1.165) is 98.6 Å². The van der Waals surface area contributed by atoms with E-state index in [2.05, 4.69) is 60.5 Å². The first kappa shape index (κ1) is 47.1. The second-order valence-corrected chi connectivity index (χ2v) is 14.4. The molecule has 0 saturated heterocycles. The van der Waals surface area contributed by atoms with Crippen molar-refractivity contribution in [3.63, 3.8) is 0 Å². The molecule has 0 aromatic heterocycles. The lowest BCUT2D eigenvalue weighted by atomic mass is 9.82. The third kappa shape index (κ3) is 14.5. The lowest BCUT2D eigenvalue weighted by molar-refractivity contribution is -0.923. The number of carbonyl (C=O) groups is 2. The van der Waals surface area contributed by atoms with Crippen LogP contribution in [0.25, 0.3) is 0 Å². The van der Waals surface area contributed by atoms with Crippen molar-refractivity contribution in [1.82, 2.24) is 0 Å². The molecule has 16 heteroatoms. The molecule has 2 aromatic carbocycles. The summed E-state index contributed by atoms with van der Waals surface area (Å²) in [6.07, 6.45) is 2.02. The standard InChI is InChI=1S/C32H48N4O2.2C2H6O4S/c1-7-35(8-2,9-3)23-15-21-33-27-19-20-28(34-22-16-24-36(10-4,11-5)12-6)30-29(27)31(37)25-17-13-14-18-26(25)32(30)38;2*1-2-6-7(3,4)5/h13-14,17-20H,7-12,15-16,21-24H2,1-6H3;2*2H2,1H3,(H,3,4,5). The van der Waals surface area contributed by atoms with Crippen LogP contribution in [0.4, 0.5) is 11.4 Å². The fourth-order valence-electron chi connectivity index (χ4n) is 6.37. The highest BCUT2D eigenvalue weighted by atomic mass is 32.3. The van der Waals surface area contributed by atoms with Gasteiger partial charge in [0.1, 0.15) is 0 Å². The van der Waals surface area contributed by atoms with Crippen LogP contribution in [0, 0.1) is 0 Å². The van der Waals surface area contributed by atoms with Gasteiger partial charge in [-0.05, 0) is 67.5 Å². The quantitative estimate of drug-likeness (QED) is 0.0693. The number of carbonyl (C=O) groups excluding carboxylic acids is 2. The van der Waals surface area contributed by atoms with Gasteiger partial charge in [0.05, 0.1) is 76.7 Å². The fraction of sp³-hybridized carbons (Fsp3) is 0.611. The number of hydrogen-bond acceptors (Lipinski definition) is 12. The maximum Gasteiger partial charge on any atom is 0.217 e. The highest BCUT2D eigenvalue weighted by Gasteiger charge is 2.34. The predicted molar refractivity (Wildman–Crippen MR) is 202 cm³/mol. The van der Waals surface area contributed by atoms with Crippen molar-refractivity contribution in [2.45, 2.75) is 68.2 Å². The SMILES string of the molecule is CCOS(=O)(=O)[O-].CCOS(=O)(=O)[O-].CC[N+](CC)(CC)CCCNc1ccc(NCCC[N+](CC)(CC)CC)c2c1C(=O)c1ccccc1C2=O. The lowest BCUT2D eigenvalue weighted by Crippen LogP contribution is -2.48. The molecule has 1 aliphatic carbocycles. The molecule has 0 saturated carbocycles. The maximum absolute atomic E-state index is 13.7. The zero-order valence-corrected chi connectivity index (χ0v) is 33.8. The first-order valence-corrected chi connectivity index (χ1v) is 20.9. The van der Waals surface area contributed by atoms with Crippen molar-refractivity contribution in [1.29, 1.82) is 0 Å². The van der Waals surface area contributed by atoms with Crippen LogP contribution in [0.3, 0.4) is 0 Å². The summed E-state index contributed by atoms with van der Waals surface area (Å²) < 4.78 is 66.2. The van der Waals surface area contributed by atoms with E-state index in [1.165, 1.54) is 13.8 Å². The van der Waals surface area contributed by atoms with E-state index < -0.39 is 20.8 Å². The first-order chi connectivity index (χ1) is 24.5. The molecule has 0 heterocycles. The predicted octanol–water partition coefficient (Wildman–Crippen LogP) is 4.79. The molecule has 3 rings (SSSR count). The van der Waals surface area contributed by atoms with Gasteiger partial charge >= 0.3 is 0 Å². The summed E-state index contributed by atoms with van der Waals surface area (Å²) in [7, 11) is -8.85. The lowest BCUT2D eigenvalue weighted by Gasteiger charge is -2.36. The molecule has 296 valence electrons. The van der Waals surface area contributed by atoms with Crippen LogP contribution in [-0.4, -0.2) is 125 Å². The number of anilines is 2. The van der Waals surface area contributed by atoms with Crippen LogP contribution in [0.5, 0.6) is 0 Å². The van der Waals surface area contributed by atoms with Gasteiger partial charge in [-0.25, -0.2) is 16.8 Å². The monoisotopic (exact) mass is 772 g/mol. The third-order valence-corrected chi connectivity index (χ3v) is 10.9. The second kappa shape index (κ2) is 22.3. The van der Waals surface area contributed by atoms with Crippen LogP contribution >= 0.6 is 0 Å². The number of benzene rings is 2. The number of nitrogens with zero attached hydrogens (tertiary/aromatic N) is 2. The molecular formula is C36H60N4O10S2. The Morgan fingerprint density at radius 2 is 0.865 bits per heavy atom. The van der Waals surface area contributed by atoms with Crippen LogP contribution < -0.4 is 10.6 Å². The molecule has 0 radical (unpaired) electrons. The molecule has 0 spiro atoms. The Morgan fingerprint density at radius 3 is 1.10 bits per heavy atom. The van der Waals surface area contributed by atoms with Crippen molar-refractivity contribution in [3.05, 3.63) is 58.7 Å². The van der Waals surface area contributed by atoms with Crippen LogP contribution in [-0.2, 0) is 29.2 Å². The Bertz CT molecular complexity index is 1510. The van der Waals surface area contributed by atoms with E-state index in [1.807, 2.05) is 24.3 Å². The van der Waals surface area contributed by atoms with Gasteiger partial charge in [-0.3, -0.25) is 18.0 Å².